The zero-order valence-electron chi connectivity index (χ0n) is 15.0. The van der Waals surface area contributed by atoms with Crippen molar-refractivity contribution < 1.29 is 28.5 Å². The maximum atomic E-state index is 12.7. The van der Waals surface area contributed by atoms with Gasteiger partial charge in [-0.15, -0.1) is 0 Å². The number of benzene rings is 1. The van der Waals surface area contributed by atoms with Crippen molar-refractivity contribution in [3.8, 4) is 11.5 Å². The number of hydrogen-bond acceptors (Lipinski definition) is 6. The van der Waals surface area contributed by atoms with E-state index in [2.05, 4.69) is 0 Å². The molecule has 0 aliphatic carbocycles. The molecular formula is C19H22N2O6. The molecule has 144 valence electrons. The number of carbonyl (C=O) groups excluding carboxylic acids is 2. The van der Waals surface area contributed by atoms with E-state index in [9.17, 15) is 9.59 Å². The van der Waals surface area contributed by atoms with Crippen molar-refractivity contribution in [3.05, 3.63) is 23.8 Å². The zero-order chi connectivity index (χ0) is 18.4. The Hall–Kier alpha value is -2.32. The van der Waals surface area contributed by atoms with Crippen molar-refractivity contribution in [1.29, 1.82) is 0 Å². The summed E-state index contributed by atoms with van der Waals surface area (Å²) in [5.74, 6) is 0.689. The van der Waals surface area contributed by atoms with Crippen LogP contribution in [0.4, 0.5) is 0 Å². The van der Waals surface area contributed by atoms with Crippen LogP contribution in [0, 0.1) is 5.92 Å². The minimum absolute atomic E-state index is 0.0808. The van der Waals surface area contributed by atoms with E-state index in [0.29, 0.717) is 69.3 Å². The third-order valence-corrected chi connectivity index (χ3v) is 5.79. The van der Waals surface area contributed by atoms with Gasteiger partial charge in [-0.2, -0.15) is 0 Å². The lowest BCUT2D eigenvalue weighted by Gasteiger charge is -2.43. The largest absolute Gasteiger partial charge is 0.454 e. The highest BCUT2D eigenvalue weighted by molar-refractivity contribution is 5.96. The molecule has 0 atom stereocenters. The molecule has 8 nitrogen and oxygen atoms in total. The second-order valence-electron chi connectivity index (χ2n) is 7.41. The van der Waals surface area contributed by atoms with E-state index >= 15 is 0 Å². The van der Waals surface area contributed by atoms with E-state index in [-0.39, 0.29) is 24.5 Å². The standard InChI is InChI=1S/C19H22N2O6/c22-17(13-1-2-15-16(9-13)25-12-24-15)21-10-14(11-21)18(23)20-5-3-19(4-6-20)26-7-8-27-19/h1-2,9,14H,3-8,10-12H2. The highest BCUT2D eigenvalue weighted by Crippen LogP contribution is 2.34. The second kappa shape index (κ2) is 6.38. The Morgan fingerprint density at radius 2 is 1.67 bits per heavy atom. The van der Waals surface area contributed by atoms with Crippen LogP contribution in [-0.2, 0) is 14.3 Å². The minimum Gasteiger partial charge on any atom is -0.454 e. The molecule has 8 heteroatoms. The summed E-state index contributed by atoms with van der Waals surface area (Å²) < 4.78 is 22.0. The third-order valence-electron chi connectivity index (χ3n) is 5.79. The Morgan fingerprint density at radius 1 is 0.963 bits per heavy atom. The van der Waals surface area contributed by atoms with Crippen molar-refractivity contribution in [2.24, 2.45) is 5.92 Å². The van der Waals surface area contributed by atoms with Crippen LogP contribution >= 0.6 is 0 Å². The fourth-order valence-electron chi connectivity index (χ4n) is 4.12. The topological polar surface area (TPSA) is 77.5 Å². The Labute approximate surface area is 156 Å². The monoisotopic (exact) mass is 374 g/mol. The van der Waals surface area contributed by atoms with Gasteiger partial charge in [-0.25, -0.2) is 0 Å². The average Bonchev–Trinajstić information content (AvgIpc) is 3.29. The molecule has 0 unspecified atom stereocenters. The molecule has 0 aromatic heterocycles. The summed E-state index contributed by atoms with van der Waals surface area (Å²) in [5, 5.41) is 0. The number of ether oxygens (including phenoxy) is 4. The van der Waals surface area contributed by atoms with Gasteiger partial charge in [0.25, 0.3) is 5.91 Å². The van der Waals surface area contributed by atoms with E-state index < -0.39 is 5.79 Å². The first kappa shape index (κ1) is 16.8. The van der Waals surface area contributed by atoms with Crippen LogP contribution < -0.4 is 9.47 Å². The molecule has 27 heavy (non-hydrogen) atoms. The lowest BCUT2D eigenvalue weighted by atomic mass is 9.95. The van der Waals surface area contributed by atoms with E-state index in [1.54, 1.807) is 23.1 Å². The molecule has 5 rings (SSSR count). The van der Waals surface area contributed by atoms with Crippen LogP contribution in [0.2, 0.25) is 0 Å². The summed E-state index contributed by atoms with van der Waals surface area (Å²) >= 11 is 0. The van der Waals surface area contributed by atoms with Crippen molar-refractivity contribution in [3.63, 3.8) is 0 Å². The van der Waals surface area contributed by atoms with Gasteiger partial charge in [0.05, 0.1) is 19.1 Å². The van der Waals surface area contributed by atoms with E-state index in [1.807, 2.05) is 4.90 Å². The number of nitrogens with zero attached hydrogens (tertiary/aromatic N) is 2. The first-order valence-electron chi connectivity index (χ1n) is 9.39. The molecule has 1 aromatic rings. The summed E-state index contributed by atoms with van der Waals surface area (Å²) in [6.45, 7) is 3.65. The molecule has 0 N–H and O–H groups in total. The van der Waals surface area contributed by atoms with Crippen molar-refractivity contribution in [1.82, 2.24) is 9.80 Å². The highest BCUT2D eigenvalue weighted by atomic mass is 16.7. The molecule has 3 fully saturated rings. The van der Waals surface area contributed by atoms with E-state index in [0.717, 1.165) is 0 Å². The van der Waals surface area contributed by atoms with E-state index in [4.69, 9.17) is 18.9 Å². The van der Waals surface area contributed by atoms with Crippen LogP contribution in [0.3, 0.4) is 0 Å². The highest BCUT2D eigenvalue weighted by Gasteiger charge is 2.44. The van der Waals surface area contributed by atoms with Crippen LogP contribution in [0.15, 0.2) is 18.2 Å². The van der Waals surface area contributed by atoms with Crippen molar-refractivity contribution >= 4 is 11.8 Å². The number of rotatable bonds is 2. The molecular weight excluding hydrogens is 352 g/mol. The van der Waals surface area contributed by atoms with Crippen LogP contribution in [0.1, 0.15) is 23.2 Å². The summed E-state index contributed by atoms with van der Waals surface area (Å²) in [7, 11) is 0. The molecule has 4 aliphatic heterocycles. The third kappa shape index (κ3) is 2.93. The van der Waals surface area contributed by atoms with Gasteiger partial charge in [-0.1, -0.05) is 0 Å². The number of likely N-dealkylation sites (tertiary alicyclic amines) is 2. The Balaban J connectivity index is 1.15. The van der Waals surface area contributed by atoms with Crippen molar-refractivity contribution in [2.45, 2.75) is 18.6 Å². The van der Waals surface area contributed by atoms with Gasteiger partial charge >= 0.3 is 0 Å². The Morgan fingerprint density at radius 3 is 2.41 bits per heavy atom. The molecule has 4 aliphatic rings. The first-order valence-corrected chi connectivity index (χ1v) is 9.39. The van der Waals surface area contributed by atoms with Crippen molar-refractivity contribution in [2.75, 3.05) is 46.2 Å². The van der Waals surface area contributed by atoms with Gasteiger partial charge in [0.2, 0.25) is 12.7 Å². The molecule has 0 radical (unpaired) electrons. The van der Waals surface area contributed by atoms with Gasteiger partial charge in [0, 0.05) is 44.6 Å². The maximum Gasteiger partial charge on any atom is 0.254 e. The fraction of sp³-hybridized carbons (Fsp3) is 0.579. The fourth-order valence-corrected chi connectivity index (χ4v) is 4.12. The van der Waals surface area contributed by atoms with Gasteiger partial charge in [-0.3, -0.25) is 9.59 Å². The number of amides is 2. The number of fused-ring (bicyclic) bond motifs is 1. The molecule has 0 bridgehead atoms. The van der Waals surface area contributed by atoms with Crippen LogP contribution in [-0.4, -0.2) is 73.6 Å². The molecule has 0 saturated carbocycles. The van der Waals surface area contributed by atoms with Crippen LogP contribution in [0.5, 0.6) is 11.5 Å². The summed E-state index contributed by atoms with van der Waals surface area (Å²) in [4.78, 5) is 28.9. The summed E-state index contributed by atoms with van der Waals surface area (Å²) in [6.07, 6.45) is 1.43. The Kier molecular flexibility index (Phi) is 3.98. The van der Waals surface area contributed by atoms with E-state index in [1.165, 1.54) is 0 Å². The number of hydrogen-bond donors (Lipinski definition) is 0. The number of carbonyl (C=O) groups is 2. The quantitative estimate of drug-likeness (QED) is 0.764. The van der Waals surface area contributed by atoms with Crippen LogP contribution in [0.25, 0.3) is 0 Å². The second-order valence-corrected chi connectivity index (χ2v) is 7.41. The molecule has 4 heterocycles. The smallest absolute Gasteiger partial charge is 0.254 e. The SMILES string of the molecule is O=C(c1ccc2c(c1)OCO2)N1CC(C(=O)N2CCC3(CC2)OCCO3)C1. The zero-order valence-corrected chi connectivity index (χ0v) is 15.0. The van der Waals surface area contributed by atoms with Gasteiger partial charge in [-0.05, 0) is 18.2 Å². The lowest BCUT2D eigenvalue weighted by molar-refractivity contribution is -0.189. The Bertz CT molecular complexity index is 759. The molecule has 3 saturated heterocycles. The number of piperidine rings is 1. The lowest BCUT2D eigenvalue weighted by Crippen LogP contribution is -2.58. The normalized spacial score (nSPS) is 23.6. The van der Waals surface area contributed by atoms with Gasteiger partial charge < -0.3 is 28.7 Å². The minimum atomic E-state index is -0.474. The predicted octanol–water partition coefficient (Wildman–Crippen LogP) is 0.853. The van der Waals surface area contributed by atoms with Gasteiger partial charge in [0.15, 0.2) is 17.3 Å². The summed E-state index contributed by atoms with van der Waals surface area (Å²) in [6, 6.07) is 5.18. The molecule has 2 amide bonds. The molecule has 1 aromatic carbocycles. The molecule has 1 spiro atoms. The maximum absolute atomic E-state index is 12.7. The average molecular weight is 374 g/mol. The summed E-state index contributed by atoms with van der Waals surface area (Å²) in [5.41, 5.74) is 0.556. The van der Waals surface area contributed by atoms with Gasteiger partial charge in [0.1, 0.15) is 0 Å². The first-order chi connectivity index (χ1) is 13.1. The predicted molar refractivity (Wildman–Crippen MR) is 92.4 cm³/mol.